The Balaban J connectivity index is 1.19. The summed E-state index contributed by atoms with van der Waals surface area (Å²) in [5.74, 6) is -5.54. The lowest BCUT2D eigenvalue weighted by molar-refractivity contribution is -0.318. The van der Waals surface area contributed by atoms with Crippen LogP contribution < -0.4 is 15.5 Å². The van der Waals surface area contributed by atoms with Crippen LogP contribution in [-0.4, -0.2) is 191 Å². The van der Waals surface area contributed by atoms with Gasteiger partial charge in [0.05, 0.1) is 70.6 Å². The molecule has 0 aliphatic carbocycles. The quantitative estimate of drug-likeness (QED) is 0.0721. The van der Waals surface area contributed by atoms with E-state index in [4.69, 9.17) is 42.7 Å². The highest BCUT2D eigenvalue weighted by molar-refractivity contribution is 5.95. The molecule has 452 valence electrons. The minimum absolute atomic E-state index is 0.0111. The number of methoxy groups -OCH3 is 1. The summed E-state index contributed by atoms with van der Waals surface area (Å²) in [6.07, 6.45) is -7.44. The Morgan fingerprint density at radius 3 is 2.24 bits per heavy atom. The van der Waals surface area contributed by atoms with Gasteiger partial charge in [-0.05, 0) is 126 Å². The van der Waals surface area contributed by atoms with E-state index >= 15 is 0 Å². The second-order valence-electron chi connectivity index (χ2n) is 24.5. The van der Waals surface area contributed by atoms with Crippen molar-refractivity contribution >= 4 is 34.5 Å². The van der Waals surface area contributed by atoms with Crippen LogP contribution in [0.4, 0.5) is 0 Å². The van der Waals surface area contributed by atoms with E-state index < -0.39 is 125 Å². The predicted molar refractivity (Wildman–Crippen MR) is 295 cm³/mol. The number of oxime groups is 1. The predicted octanol–water partition coefficient (Wildman–Crippen LogP) is 4.52. The maximum Gasteiger partial charge on any atom is 0.341 e. The van der Waals surface area contributed by atoms with Crippen LogP contribution in [0.25, 0.3) is 10.9 Å². The van der Waals surface area contributed by atoms with E-state index in [1.54, 1.807) is 54.5 Å². The molecule has 0 radical (unpaired) electrons. The maximum atomic E-state index is 14.6. The Hall–Kier alpha value is -4.33. The SMILES string of the molecule is CC[C@H]1OC(=O)[C@H](C)[C@@H](O[C@H]2C[C@@](C)(OC)[C@@H](OC(=O)CCNCCCc3cc4c5c(c3)c(=O)c(C(=O)O)cn5C(C)(C)CO4)[C@H](C)O2)[C@H](C)[C@@H](O[C@@H]2O[C@H](C)C[C@H](N(C)C)[C@H]2O)[C@](C)(O)C[C@@H](C)/C(=N\OC)[C@H](C)[C@@H](O)[C@]1(C)O. The highest BCUT2D eigenvalue weighted by Crippen LogP contribution is 2.42. The molecule has 4 aliphatic rings. The molecule has 6 rings (SSSR count). The number of hydrogen-bond acceptors (Lipinski definition) is 20. The number of aromatic nitrogens is 1. The van der Waals surface area contributed by atoms with E-state index in [0.29, 0.717) is 49.4 Å². The monoisotopic (exact) mass is 1130 g/mol. The molecule has 0 bridgehead atoms. The fraction of sp³-hybridized carbons (Fsp3) is 0.776. The molecule has 1 aromatic heterocycles. The lowest BCUT2D eigenvalue weighted by Crippen LogP contribution is -2.61. The summed E-state index contributed by atoms with van der Waals surface area (Å²) in [5, 5.41) is 66.2. The first kappa shape index (κ1) is 64.8. The van der Waals surface area contributed by atoms with Gasteiger partial charge in [-0.3, -0.25) is 14.4 Å². The molecule has 22 nitrogen and oxygen atoms in total. The van der Waals surface area contributed by atoms with Crippen LogP contribution >= 0.6 is 0 Å². The molecule has 1 aromatic carbocycles. The average Bonchev–Trinajstić information content (AvgIpc) is 3.59. The molecule has 4 aliphatic heterocycles. The molecule has 0 unspecified atom stereocenters. The van der Waals surface area contributed by atoms with Gasteiger partial charge in [-0.1, -0.05) is 32.9 Å². The van der Waals surface area contributed by atoms with E-state index in [0.717, 1.165) is 5.56 Å². The number of carbonyl (C=O) groups is 3. The van der Waals surface area contributed by atoms with Crippen molar-refractivity contribution in [3.8, 4) is 5.75 Å². The van der Waals surface area contributed by atoms with Crippen LogP contribution in [0.5, 0.6) is 5.75 Å². The van der Waals surface area contributed by atoms with Gasteiger partial charge in [0.15, 0.2) is 18.7 Å². The standard InChI is InChI=1S/C58H92N4O18/c1-17-41-58(12,71)49(66)32(4)44(60-73-16)30(2)26-56(10,70)50(80-54-47(65)39(61(13)14)23-31(3)75-54)33(5)48(34(6)53(69)77-41)79-43-27-57(11,72-15)51(35(7)76-43)78-42(63)20-22-59-21-18-19-36-24-37-45-40(25-36)74-29-55(8,9)62(45)28-38(46(37)64)52(67)68/h24-25,28,30-35,39,41,43,47-51,54,59,65-66,70-71H,17-23,26-27,29H2,1-16H3,(H,67,68)/b60-44+/t30-,31-,32+,33+,34-,35+,39+,41-,43+,47-,48+,49-,50-,51+,54+,56-,57-,58-/m1/s1. The van der Waals surface area contributed by atoms with Crippen LogP contribution in [0.1, 0.15) is 138 Å². The number of ether oxygens (including phenoxy) is 8. The number of carbonyl (C=O) groups excluding carboxylic acids is 2. The summed E-state index contributed by atoms with van der Waals surface area (Å²) in [6.45, 7) is 21.9. The van der Waals surface area contributed by atoms with Crippen LogP contribution in [0.2, 0.25) is 0 Å². The number of esters is 2. The van der Waals surface area contributed by atoms with Crippen LogP contribution in [0, 0.1) is 23.7 Å². The van der Waals surface area contributed by atoms with Gasteiger partial charge in [-0.2, -0.15) is 0 Å². The minimum atomic E-state index is -1.98. The molecule has 0 spiro atoms. The largest absolute Gasteiger partial charge is 0.489 e. The number of aryl methyl sites for hydroxylation is 1. The van der Waals surface area contributed by atoms with Crippen molar-refractivity contribution in [2.45, 2.75) is 218 Å². The van der Waals surface area contributed by atoms with Crippen molar-refractivity contribution in [1.82, 2.24) is 14.8 Å². The number of hydrogen-bond donors (Lipinski definition) is 6. The van der Waals surface area contributed by atoms with Gasteiger partial charge >= 0.3 is 17.9 Å². The number of pyridine rings is 1. The Morgan fingerprint density at radius 2 is 1.61 bits per heavy atom. The Kier molecular flexibility index (Phi) is 21.1. The number of aliphatic hydroxyl groups excluding tert-OH is 2. The molecule has 18 atom stereocenters. The van der Waals surface area contributed by atoms with Gasteiger partial charge in [0, 0.05) is 50.1 Å². The normalized spacial score (nSPS) is 37.6. The molecule has 3 saturated heterocycles. The third kappa shape index (κ3) is 14.0. The number of aliphatic hydroxyl groups is 4. The number of cyclic esters (lactones) is 1. The Labute approximate surface area is 470 Å². The molecular formula is C58H92N4O18. The van der Waals surface area contributed by atoms with Gasteiger partial charge in [-0.25, -0.2) is 4.79 Å². The molecule has 5 heterocycles. The van der Waals surface area contributed by atoms with Crippen molar-refractivity contribution in [2.75, 3.05) is 48.0 Å². The van der Waals surface area contributed by atoms with Crippen molar-refractivity contribution in [3.05, 3.63) is 39.7 Å². The molecular weight excluding hydrogens is 1040 g/mol. The van der Waals surface area contributed by atoms with Crippen molar-refractivity contribution in [3.63, 3.8) is 0 Å². The summed E-state index contributed by atoms with van der Waals surface area (Å²) >= 11 is 0. The smallest absolute Gasteiger partial charge is 0.341 e. The number of carboxylic acids is 1. The highest BCUT2D eigenvalue weighted by Gasteiger charge is 2.54. The molecule has 80 heavy (non-hydrogen) atoms. The van der Waals surface area contributed by atoms with Gasteiger partial charge in [0.2, 0.25) is 5.43 Å². The van der Waals surface area contributed by atoms with Gasteiger partial charge < -0.3 is 83.0 Å². The zero-order valence-corrected chi connectivity index (χ0v) is 49.8. The number of benzene rings is 1. The summed E-state index contributed by atoms with van der Waals surface area (Å²) < 4.78 is 52.7. The summed E-state index contributed by atoms with van der Waals surface area (Å²) in [5.41, 5.74) is -4.69. The summed E-state index contributed by atoms with van der Waals surface area (Å²) in [6, 6.07) is 3.25. The van der Waals surface area contributed by atoms with Crippen molar-refractivity contribution < 1.29 is 82.6 Å². The van der Waals surface area contributed by atoms with Gasteiger partial charge in [0.1, 0.15) is 48.4 Å². The molecule has 22 heteroatoms. The average molecular weight is 1130 g/mol. The van der Waals surface area contributed by atoms with E-state index in [1.807, 2.05) is 57.3 Å². The van der Waals surface area contributed by atoms with Crippen LogP contribution in [0.3, 0.4) is 0 Å². The molecule has 0 saturated carbocycles. The van der Waals surface area contributed by atoms with Crippen molar-refractivity contribution in [2.24, 2.45) is 28.8 Å². The lowest BCUT2D eigenvalue weighted by atomic mass is 9.73. The number of nitrogens with one attached hydrogen (secondary N) is 1. The van der Waals surface area contributed by atoms with Gasteiger partial charge in [-0.15, -0.1) is 0 Å². The highest BCUT2D eigenvalue weighted by atomic mass is 16.7. The molecule has 6 N–H and O–H groups in total. The number of carboxylic acid groups (broad SMARTS) is 1. The third-order valence-electron chi connectivity index (χ3n) is 17.2. The molecule has 2 aromatic rings. The first-order valence-corrected chi connectivity index (χ1v) is 28.3. The second-order valence-corrected chi connectivity index (χ2v) is 24.5. The zero-order valence-electron chi connectivity index (χ0n) is 49.8. The number of nitrogens with zero attached hydrogens (tertiary/aromatic N) is 3. The summed E-state index contributed by atoms with van der Waals surface area (Å²) in [4.78, 5) is 60.7. The Morgan fingerprint density at radius 1 is 0.925 bits per heavy atom. The minimum Gasteiger partial charge on any atom is -0.489 e. The van der Waals surface area contributed by atoms with Gasteiger partial charge in [0.25, 0.3) is 0 Å². The van der Waals surface area contributed by atoms with Crippen LogP contribution in [0.15, 0.2) is 28.3 Å². The summed E-state index contributed by atoms with van der Waals surface area (Å²) in [7, 11) is 6.56. The molecule has 0 amide bonds. The third-order valence-corrected chi connectivity index (χ3v) is 17.2. The lowest BCUT2D eigenvalue weighted by Gasteiger charge is -2.49. The van der Waals surface area contributed by atoms with Crippen LogP contribution in [-0.2, 0) is 59.5 Å². The van der Waals surface area contributed by atoms with E-state index in [2.05, 4.69) is 10.5 Å². The molecule has 3 fully saturated rings. The van der Waals surface area contributed by atoms with E-state index in [9.17, 15) is 44.7 Å². The van der Waals surface area contributed by atoms with E-state index in [1.165, 1.54) is 27.3 Å². The van der Waals surface area contributed by atoms with Crippen molar-refractivity contribution in [1.29, 1.82) is 0 Å². The Bertz CT molecular complexity index is 2570. The number of rotatable bonds is 17. The fourth-order valence-electron chi connectivity index (χ4n) is 12.5. The topological polar surface area (TPSA) is 285 Å². The second kappa shape index (κ2) is 26.1. The number of likely N-dealkylation sites (N-methyl/N-ethyl adjacent to an activating group) is 1. The van der Waals surface area contributed by atoms with E-state index in [-0.39, 0.29) is 55.3 Å². The number of aromatic carboxylic acids is 1. The first-order valence-electron chi connectivity index (χ1n) is 28.3. The first-order chi connectivity index (χ1) is 37.3. The zero-order chi connectivity index (χ0) is 59.6. The maximum absolute atomic E-state index is 14.6. The fourth-order valence-corrected chi connectivity index (χ4v) is 12.5.